The second-order valence-electron chi connectivity index (χ2n) is 8.58. The van der Waals surface area contributed by atoms with Gasteiger partial charge in [0.15, 0.2) is 0 Å². The number of carbonyl (C=O) groups excluding carboxylic acids is 2. The van der Waals surface area contributed by atoms with Crippen molar-refractivity contribution in [1.82, 2.24) is 4.90 Å². The Kier molecular flexibility index (Phi) is 6.66. The van der Waals surface area contributed by atoms with Crippen LogP contribution in [0.1, 0.15) is 24.0 Å². The van der Waals surface area contributed by atoms with Gasteiger partial charge in [0.25, 0.3) is 5.91 Å². The zero-order chi connectivity index (χ0) is 24.4. The fourth-order valence-corrected chi connectivity index (χ4v) is 5.58. The summed E-state index contributed by atoms with van der Waals surface area (Å²) >= 11 is 6.85. The molecule has 1 N–H and O–H groups in total. The minimum atomic E-state index is -0.101. The zero-order valence-electron chi connectivity index (χ0n) is 19.3. The number of anilines is 1. The molecule has 1 saturated heterocycles. The number of nitrogens with zero attached hydrogens (tertiary/aromatic N) is 1. The van der Waals surface area contributed by atoms with Crippen LogP contribution < -0.4 is 5.32 Å². The molecule has 0 atom stereocenters. The van der Waals surface area contributed by atoms with E-state index in [0.29, 0.717) is 28.6 Å². The standard InChI is InChI=1S/C29H24N2O2S2/c1-19-12-14-22(15-13-19)30-27(32)11-6-16-31-28(33)26(35-29(31)34)18-25-23-9-4-2-7-20(23)17-21-8-3-5-10-24(21)25/h2-5,7-10,12-15,17-18H,6,11,16H2,1H3,(H,30,32)/b26-18-. The van der Waals surface area contributed by atoms with Gasteiger partial charge in [0, 0.05) is 18.7 Å². The molecule has 1 aliphatic heterocycles. The third kappa shape index (κ3) is 4.99. The molecule has 174 valence electrons. The molecule has 6 heteroatoms. The average molecular weight is 497 g/mol. The largest absolute Gasteiger partial charge is 0.326 e. The first kappa shape index (κ1) is 23.3. The Morgan fingerprint density at radius 1 is 0.971 bits per heavy atom. The van der Waals surface area contributed by atoms with Crippen molar-refractivity contribution in [2.45, 2.75) is 19.8 Å². The summed E-state index contributed by atoms with van der Waals surface area (Å²) in [5.41, 5.74) is 2.94. The van der Waals surface area contributed by atoms with Crippen LogP contribution in [-0.4, -0.2) is 27.6 Å². The first-order chi connectivity index (χ1) is 17.0. The van der Waals surface area contributed by atoms with Crippen LogP contribution in [0.3, 0.4) is 0 Å². The van der Waals surface area contributed by atoms with Crippen LogP contribution in [0.4, 0.5) is 5.69 Å². The molecule has 4 aromatic carbocycles. The number of carbonyl (C=O) groups is 2. The van der Waals surface area contributed by atoms with E-state index in [2.05, 4.69) is 35.6 Å². The monoisotopic (exact) mass is 496 g/mol. The Morgan fingerprint density at radius 2 is 1.60 bits per heavy atom. The fourth-order valence-electron chi connectivity index (χ4n) is 4.29. The number of nitrogens with one attached hydrogen (secondary N) is 1. The highest BCUT2D eigenvalue weighted by Crippen LogP contribution is 2.36. The van der Waals surface area contributed by atoms with Crippen LogP contribution in [0.2, 0.25) is 0 Å². The maximum atomic E-state index is 13.2. The van der Waals surface area contributed by atoms with Gasteiger partial charge in [-0.25, -0.2) is 0 Å². The summed E-state index contributed by atoms with van der Waals surface area (Å²) in [6.07, 6.45) is 2.82. The Balaban J connectivity index is 1.32. The van der Waals surface area contributed by atoms with E-state index < -0.39 is 0 Å². The van der Waals surface area contributed by atoms with Gasteiger partial charge in [0.2, 0.25) is 5.91 Å². The predicted octanol–water partition coefficient (Wildman–Crippen LogP) is 6.92. The minimum Gasteiger partial charge on any atom is -0.326 e. The normalized spacial score (nSPS) is 14.9. The van der Waals surface area contributed by atoms with Crippen molar-refractivity contribution >= 4 is 73.4 Å². The molecule has 0 unspecified atom stereocenters. The van der Waals surface area contributed by atoms with E-state index in [0.717, 1.165) is 38.4 Å². The van der Waals surface area contributed by atoms with Gasteiger partial charge in [-0.1, -0.05) is 90.2 Å². The van der Waals surface area contributed by atoms with Gasteiger partial charge in [-0.2, -0.15) is 0 Å². The summed E-state index contributed by atoms with van der Waals surface area (Å²) in [5.74, 6) is -0.173. The molecule has 4 nitrogen and oxygen atoms in total. The SMILES string of the molecule is Cc1ccc(NC(=O)CCCN2C(=O)/C(=C/c3c4ccccc4cc4ccccc34)SC2=S)cc1. The highest BCUT2D eigenvalue weighted by Gasteiger charge is 2.32. The zero-order valence-corrected chi connectivity index (χ0v) is 20.9. The third-order valence-electron chi connectivity index (χ3n) is 6.08. The summed E-state index contributed by atoms with van der Waals surface area (Å²) in [6.45, 7) is 2.42. The number of fused-ring (bicyclic) bond motifs is 2. The van der Waals surface area contributed by atoms with Crippen molar-refractivity contribution in [3.8, 4) is 0 Å². The first-order valence-electron chi connectivity index (χ1n) is 11.5. The molecule has 35 heavy (non-hydrogen) atoms. The molecular formula is C29H24N2O2S2. The van der Waals surface area contributed by atoms with Crippen LogP contribution in [0, 0.1) is 6.92 Å². The first-order valence-corrected chi connectivity index (χ1v) is 12.7. The van der Waals surface area contributed by atoms with Gasteiger partial charge in [0.1, 0.15) is 4.32 Å². The molecule has 1 fully saturated rings. The van der Waals surface area contributed by atoms with Crippen LogP contribution in [-0.2, 0) is 9.59 Å². The van der Waals surface area contributed by atoms with E-state index in [1.807, 2.05) is 61.5 Å². The average Bonchev–Trinajstić information content (AvgIpc) is 3.12. The molecule has 0 radical (unpaired) electrons. The van der Waals surface area contributed by atoms with Crippen molar-refractivity contribution in [1.29, 1.82) is 0 Å². The second kappa shape index (κ2) is 10.0. The lowest BCUT2D eigenvalue weighted by molar-refractivity contribution is -0.122. The smallest absolute Gasteiger partial charge is 0.266 e. The summed E-state index contributed by atoms with van der Waals surface area (Å²) < 4.78 is 0.532. The van der Waals surface area contributed by atoms with E-state index in [-0.39, 0.29) is 11.8 Å². The highest BCUT2D eigenvalue weighted by atomic mass is 32.2. The summed E-state index contributed by atoms with van der Waals surface area (Å²) in [4.78, 5) is 27.8. The maximum Gasteiger partial charge on any atom is 0.266 e. The Labute approximate surface area is 214 Å². The summed E-state index contributed by atoms with van der Waals surface area (Å²) in [5, 5.41) is 7.37. The van der Waals surface area contributed by atoms with E-state index in [9.17, 15) is 9.59 Å². The lowest BCUT2D eigenvalue weighted by Crippen LogP contribution is -2.29. The Hall–Kier alpha value is -3.48. The van der Waals surface area contributed by atoms with Gasteiger partial charge in [0.05, 0.1) is 4.91 Å². The number of thioether (sulfide) groups is 1. The van der Waals surface area contributed by atoms with Crippen LogP contribution in [0.15, 0.2) is 83.8 Å². The molecule has 0 saturated carbocycles. The van der Waals surface area contributed by atoms with E-state index in [1.165, 1.54) is 11.8 Å². The molecule has 1 aliphatic rings. The minimum absolute atomic E-state index is 0.0722. The molecule has 0 bridgehead atoms. The highest BCUT2D eigenvalue weighted by molar-refractivity contribution is 8.26. The Morgan fingerprint density at radius 3 is 2.26 bits per heavy atom. The Bertz CT molecular complexity index is 1440. The molecule has 5 rings (SSSR count). The molecule has 1 heterocycles. The molecular weight excluding hydrogens is 472 g/mol. The number of hydrogen-bond donors (Lipinski definition) is 1. The predicted molar refractivity (Wildman–Crippen MR) is 150 cm³/mol. The van der Waals surface area contributed by atoms with Crippen molar-refractivity contribution in [2.24, 2.45) is 0 Å². The quantitative estimate of drug-likeness (QED) is 0.179. The fraction of sp³-hybridized carbons (Fsp3) is 0.138. The number of thiocarbonyl (C=S) groups is 1. The summed E-state index contributed by atoms with van der Waals surface area (Å²) in [6, 6.07) is 26.3. The molecule has 0 aliphatic carbocycles. The van der Waals surface area contributed by atoms with Crippen molar-refractivity contribution in [3.63, 3.8) is 0 Å². The third-order valence-corrected chi connectivity index (χ3v) is 7.46. The van der Waals surface area contributed by atoms with Crippen LogP contribution in [0.25, 0.3) is 27.6 Å². The van der Waals surface area contributed by atoms with Gasteiger partial charge < -0.3 is 5.32 Å². The number of aryl methyl sites for hydroxylation is 1. The van der Waals surface area contributed by atoms with Crippen molar-refractivity contribution in [3.05, 3.63) is 94.9 Å². The van der Waals surface area contributed by atoms with Crippen molar-refractivity contribution in [2.75, 3.05) is 11.9 Å². The number of benzene rings is 4. The maximum absolute atomic E-state index is 13.2. The molecule has 4 aromatic rings. The van der Waals surface area contributed by atoms with E-state index >= 15 is 0 Å². The number of hydrogen-bond acceptors (Lipinski definition) is 4. The lowest BCUT2D eigenvalue weighted by Gasteiger charge is -2.14. The second-order valence-corrected chi connectivity index (χ2v) is 10.3. The van der Waals surface area contributed by atoms with Crippen LogP contribution >= 0.6 is 24.0 Å². The van der Waals surface area contributed by atoms with Gasteiger partial charge in [-0.15, -0.1) is 0 Å². The van der Waals surface area contributed by atoms with Gasteiger partial charge in [-0.3, -0.25) is 14.5 Å². The number of amides is 2. The van der Waals surface area contributed by atoms with Crippen molar-refractivity contribution < 1.29 is 9.59 Å². The number of rotatable bonds is 6. The van der Waals surface area contributed by atoms with Crippen LogP contribution in [0.5, 0.6) is 0 Å². The van der Waals surface area contributed by atoms with E-state index in [4.69, 9.17) is 12.2 Å². The van der Waals surface area contributed by atoms with E-state index in [1.54, 1.807) is 4.90 Å². The molecule has 0 spiro atoms. The van der Waals surface area contributed by atoms with Gasteiger partial charge >= 0.3 is 0 Å². The van der Waals surface area contributed by atoms with Gasteiger partial charge in [-0.05, 0) is 64.7 Å². The molecule has 0 aromatic heterocycles. The lowest BCUT2D eigenvalue weighted by atomic mass is 9.96. The molecule has 2 amide bonds. The summed E-state index contributed by atoms with van der Waals surface area (Å²) in [7, 11) is 0. The topological polar surface area (TPSA) is 49.4 Å².